The van der Waals surface area contributed by atoms with E-state index in [2.05, 4.69) is 73.8 Å². The van der Waals surface area contributed by atoms with Crippen LogP contribution in [0.2, 0.25) is 0 Å². The average molecular weight is 293 g/mol. The Morgan fingerprint density at radius 3 is 2.35 bits per heavy atom. The first kappa shape index (κ1) is 16.9. The summed E-state index contributed by atoms with van der Waals surface area (Å²) >= 11 is 1.76. The Labute approximate surface area is 127 Å². The molecule has 0 fully saturated rings. The summed E-state index contributed by atoms with van der Waals surface area (Å²) in [7, 11) is 0. The first-order valence-electron chi connectivity index (χ1n) is 7.24. The molecule has 0 aliphatic rings. The van der Waals surface area contributed by atoms with E-state index in [1.54, 1.807) is 11.8 Å². The van der Waals surface area contributed by atoms with Gasteiger partial charge in [-0.1, -0.05) is 26.0 Å². The SMILES string of the molecule is CCNC(=NCc1ccc(SC)cc1)NC(C)C(C)C. The Balaban J connectivity index is 2.65. The number of benzene rings is 1. The van der Waals surface area contributed by atoms with Gasteiger partial charge in [-0.25, -0.2) is 4.99 Å². The maximum absolute atomic E-state index is 4.65. The number of nitrogens with zero attached hydrogens (tertiary/aromatic N) is 1. The first-order chi connectivity index (χ1) is 9.56. The molecule has 1 aromatic rings. The monoisotopic (exact) mass is 293 g/mol. The molecule has 0 bridgehead atoms. The van der Waals surface area contributed by atoms with Gasteiger partial charge in [-0.2, -0.15) is 0 Å². The van der Waals surface area contributed by atoms with E-state index in [1.165, 1.54) is 10.5 Å². The van der Waals surface area contributed by atoms with Crippen LogP contribution in [0.5, 0.6) is 0 Å². The molecule has 3 nitrogen and oxygen atoms in total. The number of aliphatic imine (C=N–C) groups is 1. The highest BCUT2D eigenvalue weighted by Crippen LogP contribution is 2.15. The summed E-state index contributed by atoms with van der Waals surface area (Å²) < 4.78 is 0. The Hall–Kier alpha value is -1.16. The standard InChI is InChI=1S/C16H27N3S/c1-6-17-16(19-13(4)12(2)3)18-11-14-7-9-15(20-5)10-8-14/h7-10,12-13H,6,11H2,1-5H3,(H2,17,18,19). The summed E-state index contributed by atoms with van der Waals surface area (Å²) in [6, 6.07) is 8.99. The Kier molecular flexibility index (Phi) is 7.52. The van der Waals surface area contributed by atoms with Crippen molar-refractivity contribution in [1.82, 2.24) is 10.6 Å². The molecule has 0 saturated carbocycles. The van der Waals surface area contributed by atoms with E-state index in [0.717, 1.165) is 12.5 Å². The smallest absolute Gasteiger partial charge is 0.191 e. The normalized spacial score (nSPS) is 13.4. The van der Waals surface area contributed by atoms with Crippen LogP contribution in [0.15, 0.2) is 34.2 Å². The number of hydrogen-bond donors (Lipinski definition) is 2. The molecule has 0 heterocycles. The molecule has 4 heteroatoms. The molecular formula is C16H27N3S. The molecule has 2 N–H and O–H groups in total. The highest BCUT2D eigenvalue weighted by molar-refractivity contribution is 7.98. The van der Waals surface area contributed by atoms with Gasteiger partial charge in [0, 0.05) is 17.5 Å². The Bertz CT molecular complexity index is 412. The van der Waals surface area contributed by atoms with Crippen LogP contribution in [0, 0.1) is 5.92 Å². The lowest BCUT2D eigenvalue weighted by Crippen LogP contribution is -2.44. The Morgan fingerprint density at radius 1 is 1.20 bits per heavy atom. The molecular weight excluding hydrogens is 266 g/mol. The summed E-state index contributed by atoms with van der Waals surface area (Å²) in [4.78, 5) is 5.94. The summed E-state index contributed by atoms with van der Waals surface area (Å²) in [5.41, 5.74) is 1.23. The van der Waals surface area contributed by atoms with Gasteiger partial charge < -0.3 is 10.6 Å². The zero-order chi connectivity index (χ0) is 15.0. The van der Waals surface area contributed by atoms with E-state index in [9.17, 15) is 0 Å². The molecule has 1 atom stereocenters. The van der Waals surface area contributed by atoms with Crippen LogP contribution < -0.4 is 10.6 Å². The molecule has 0 aromatic heterocycles. The maximum Gasteiger partial charge on any atom is 0.191 e. The van der Waals surface area contributed by atoms with Crippen molar-refractivity contribution >= 4 is 17.7 Å². The van der Waals surface area contributed by atoms with Crippen molar-refractivity contribution < 1.29 is 0 Å². The minimum Gasteiger partial charge on any atom is -0.357 e. The third-order valence-electron chi connectivity index (χ3n) is 3.29. The summed E-state index contributed by atoms with van der Waals surface area (Å²) in [5.74, 6) is 1.47. The van der Waals surface area contributed by atoms with Gasteiger partial charge in [0.15, 0.2) is 5.96 Å². The molecule has 0 aliphatic heterocycles. The van der Waals surface area contributed by atoms with Gasteiger partial charge in [0.25, 0.3) is 0 Å². The van der Waals surface area contributed by atoms with Gasteiger partial charge in [0.2, 0.25) is 0 Å². The lowest BCUT2D eigenvalue weighted by molar-refractivity contribution is 0.481. The summed E-state index contributed by atoms with van der Waals surface area (Å²) in [5, 5.41) is 6.74. The average Bonchev–Trinajstić information content (AvgIpc) is 2.45. The van der Waals surface area contributed by atoms with Crippen molar-refractivity contribution in [3.63, 3.8) is 0 Å². The fourth-order valence-corrected chi connectivity index (χ4v) is 2.01. The Morgan fingerprint density at radius 2 is 1.85 bits per heavy atom. The highest BCUT2D eigenvalue weighted by atomic mass is 32.2. The molecule has 0 amide bonds. The number of nitrogens with one attached hydrogen (secondary N) is 2. The molecule has 0 saturated heterocycles. The third kappa shape index (κ3) is 5.87. The van der Waals surface area contributed by atoms with Crippen LogP contribution in [0.25, 0.3) is 0 Å². The summed E-state index contributed by atoms with van der Waals surface area (Å²) in [6.07, 6.45) is 2.09. The second-order valence-electron chi connectivity index (χ2n) is 5.22. The minimum absolute atomic E-state index is 0.409. The fraction of sp³-hybridized carbons (Fsp3) is 0.562. The fourth-order valence-electron chi connectivity index (χ4n) is 1.60. The van der Waals surface area contributed by atoms with Crippen LogP contribution in [0.1, 0.15) is 33.3 Å². The number of rotatable bonds is 6. The predicted octanol–water partition coefficient (Wildman–Crippen LogP) is 3.51. The van der Waals surface area contributed by atoms with Crippen LogP contribution in [0.3, 0.4) is 0 Å². The van der Waals surface area contributed by atoms with Crippen molar-refractivity contribution in [2.45, 2.75) is 45.2 Å². The highest BCUT2D eigenvalue weighted by Gasteiger charge is 2.08. The van der Waals surface area contributed by atoms with Crippen molar-refractivity contribution in [2.75, 3.05) is 12.8 Å². The zero-order valence-corrected chi connectivity index (χ0v) is 14.1. The van der Waals surface area contributed by atoms with Crippen molar-refractivity contribution in [2.24, 2.45) is 10.9 Å². The first-order valence-corrected chi connectivity index (χ1v) is 8.47. The molecule has 112 valence electrons. The van der Waals surface area contributed by atoms with E-state index in [0.29, 0.717) is 18.5 Å². The van der Waals surface area contributed by atoms with Crippen LogP contribution in [0.4, 0.5) is 0 Å². The van der Waals surface area contributed by atoms with Crippen molar-refractivity contribution in [3.8, 4) is 0 Å². The minimum atomic E-state index is 0.409. The van der Waals surface area contributed by atoms with E-state index in [4.69, 9.17) is 0 Å². The van der Waals surface area contributed by atoms with Crippen LogP contribution in [-0.2, 0) is 6.54 Å². The van der Waals surface area contributed by atoms with Gasteiger partial charge in [-0.05, 0) is 43.7 Å². The summed E-state index contributed by atoms with van der Waals surface area (Å²) in [6.45, 7) is 10.3. The second kappa shape index (κ2) is 8.90. The molecule has 20 heavy (non-hydrogen) atoms. The molecule has 0 aliphatic carbocycles. The maximum atomic E-state index is 4.65. The molecule has 0 radical (unpaired) electrons. The number of guanidine groups is 1. The molecule has 1 aromatic carbocycles. The lowest BCUT2D eigenvalue weighted by Gasteiger charge is -2.20. The van der Waals surface area contributed by atoms with Gasteiger partial charge in [-0.15, -0.1) is 11.8 Å². The van der Waals surface area contributed by atoms with Crippen LogP contribution >= 0.6 is 11.8 Å². The quantitative estimate of drug-likeness (QED) is 0.479. The van der Waals surface area contributed by atoms with Gasteiger partial charge in [0.1, 0.15) is 0 Å². The lowest BCUT2D eigenvalue weighted by atomic mass is 10.1. The van der Waals surface area contributed by atoms with E-state index < -0.39 is 0 Å². The predicted molar refractivity (Wildman–Crippen MR) is 90.5 cm³/mol. The van der Waals surface area contributed by atoms with Crippen molar-refractivity contribution in [3.05, 3.63) is 29.8 Å². The topological polar surface area (TPSA) is 36.4 Å². The van der Waals surface area contributed by atoms with Gasteiger partial charge in [0.05, 0.1) is 6.54 Å². The van der Waals surface area contributed by atoms with Crippen molar-refractivity contribution in [1.29, 1.82) is 0 Å². The largest absolute Gasteiger partial charge is 0.357 e. The third-order valence-corrected chi connectivity index (χ3v) is 4.03. The second-order valence-corrected chi connectivity index (χ2v) is 6.10. The van der Waals surface area contributed by atoms with Gasteiger partial charge >= 0.3 is 0 Å². The molecule has 1 unspecified atom stereocenters. The number of hydrogen-bond acceptors (Lipinski definition) is 2. The molecule has 1 rings (SSSR count). The van der Waals surface area contributed by atoms with Crippen LogP contribution in [-0.4, -0.2) is 24.8 Å². The zero-order valence-electron chi connectivity index (χ0n) is 13.2. The van der Waals surface area contributed by atoms with Gasteiger partial charge in [-0.3, -0.25) is 0 Å². The number of thioether (sulfide) groups is 1. The molecule has 0 spiro atoms. The van der Waals surface area contributed by atoms with E-state index in [-0.39, 0.29) is 0 Å². The van der Waals surface area contributed by atoms with E-state index >= 15 is 0 Å². The van der Waals surface area contributed by atoms with E-state index in [1.807, 2.05) is 0 Å².